The molecule has 8 heteroatoms. The van der Waals surface area contributed by atoms with Gasteiger partial charge in [0.2, 0.25) is 20.0 Å². The second-order valence-electron chi connectivity index (χ2n) is 7.40. The summed E-state index contributed by atoms with van der Waals surface area (Å²) in [6, 6.07) is 10.4. The number of sulfonamides is 2. The third-order valence-electron chi connectivity index (χ3n) is 4.13. The zero-order valence-corrected chi connectivity index (χ0v) is 18.5. The van der Waals surface area contributed by atoms with Gasteiger partial charge in [-0.05, 0) is 56.9 Å². The quantitative estimate of drug-likeness (QED) is 0.681. The molecule has 0 unspecified atom stereocenters. The molecule has 0 aliphatic heterocycles. The van der Waals surface area contributed by atoms with E-state index in [-0.39, 0.29) is 18.3 Å². The van der Waals surface area contributed by atoms with E-state index in [4.69, 9.17) is 0 Å². The largest absolute Gasteiger partial charge is 0.241 e. The Kier molecular flexibility index (Phi) is 7.03. The van der Waals surface area contributed by atoms with Crippen LogP contribution in [0, 0.1) is 20.8 Å². The Hall–Kier alpha value is -1.74. The van der Waals surface area contributed by atoms with E-state index in [1.54, 1.807) is 52.0 Å². The van der Waals surface area contributed by atoms with Crippen molar-refractivity contribution in [2.45, 2.75) is 57.9 Å². The number of hydrogen-bond acceptors (Lipinski definition) is 4. The van der Waals surface area contributed by atoms with E-state index in [9.17, 15) is 16.8 Å². The number of hydrogen-bond donors (Lipinski definition) is 2. The predicted octanol–water partition coefficient (Wildman–Crippen LogP) is 2.92. The lowest BCUT2D eigenvalue weighted by Crippen LogP contribution is -2.31. The lowest BCUT2D eigenvalue weighted by Gasteiger charge is -2.13. The maximum Gasteiger partial charge on any atom is 0.241 e. The molecule has 0 saturated carbocycles. The van der Waals surface area contributed by atoms with Crippen molar-refractivity contribution in [1.82, 2.24) is 9.44 Å². The van der Waals surface area contributed by atoms with Gasteiger partial charge in [0.1, 0.15) is 0 Å². The molecule has 2 rings (SSSR count). The summed E-state index contributed by atoms with van der Waals surface area (Å²) in [5.41, 5.74) is 3.84. The first-order valence-electron chi connectivity index (χ1n) is 9.05. The van der Waals surface area contributed by atoms with Crippen LogP contribution < -0.4 is 9.44 Å². The Bertz CT molecular complexity index is 1020. The lowest BCUT2D eigenvalue weighted by atomic mass is 10.1. The third-order valence-corrected chi connectivity index (χ3v) is 7.38. The molecule has 154 valence electrons. The van der Waals surface area contributed by atoms with E-state index in [2.05, 4.69) is 9.44 Å². The fourth-order valence-electron chi connectivity index (χ4n) is 3.21. The first kappa shape index (κ1) is 22.5. The molecule has 0 aliphatic carbocycles. The molecule has 0 aromatic heterocycles. The highest BCUT2D eigenvalue weighted by atomic mass is 32.2. The van der Waals surface area contributed by atoms with Gasteiger partial charge in [0, 0.05) is 12.6 Å². The molecule has 0 atom stereocenters. The van der Waals surface area contributed by atoms with Gasteiger partial charge in [0.15, 0.2) is 0 Å². The minimum atomic E-state index is -3.64. The van der Waals surface area contributed by atoms with Gasteiger partial charge in [0.25, 0.3) is 0 Å². The average molecular weight is 425 g/mol. The van der Waals surface area contributed by atoms with Crippen molar-refractivity contribution in [3.8, 4) is 0 Å². The van der Waals surface area contributed by atoms with Crippen molar-refractivity contribution < 1.29 is 16.8 Å². The zero-order chi connectivity index (χ0) is 21.1. The van der Waals surface area contributed by atoms with Crippen LogP contribution in [-0.4, -0.2) is 22.9 Å². The van der Waals surface area contributed by atoms with Crippen LogP contribution >= 0.6 is 0 Å². The molecule has 6 nitrogen and oxygen atoms in total. The monoisotopic (exact) mass is 424 g/mol. The Labute approximate surface area is 168 Å². The van der Waals surface area contributed by atoms with Crippen molar-refractivity contribution in [3.63, 3.8) is 0 Å². The van der Waals surface area contributed by atoms with Crippen LogP contribution in [0.3, 0.4) is 0 Å². The molecule has 28 heavy (non-hydrogen) atoms. The van der Waals surface area contributed by atoms with E-state index in [1.165, 1.54) is 0 Å². The number of nitrogens with one attached hydrogen (secondary N) is 2. The second kappa shape index (κ2) is 8.73. The summed E-state index contributed by atoms with van der Waals surface area (Å²) in [4.78, 5) is 0.306. The first-order chi connectivity index (χ1) is 12.9. The molecule has 0 fully saturated rings. The highest BCUT2D eigenvalue weighted by Gasteiger charge is 2.19. The van der Waals surface area contributed by atoms with E-state index in [0.29, 0.717) is 21.6 Å². The molecular formula is C20H28N2O4S2. The van der Waals surface area contributed by atoms with Crippen molar-refractivity contribution in [1.29, 1.82) is 0 Å². The van der Waals surface area contributed by atoms with Crippen LogP contribution in [0.25, 0.3) is 0 Å². The summed E-state index contributed by atoms with van der Waals surface area (Å²) < 4.78 is 54.6. The molecule has 0 heterocycles. The third kappa shape index (κ3) is 6.13. The van der Waals surface area contributed by atoms with Crippen LogP contribution in [0.15, 0.2) is 41.3 Å². The highest BCUT2D eigenvalue weighted by molar-refractivity contribution is 7.89. The fraction of sp³-hybridized carbons (Fsp3) is 0.400. The normalized spacial score (nSPS) is 12.5. The van der Waals surface area contributed by atoms with Crippen LogP contribution in [0.1, 0.15) is 41.7 Å². The van der Waals surface area contributed by atoms with Gasteiger partial charge < -0.3 is 0 Å². The number of aryl methyl sites for hydroxylation is 3. The van der Waals surface area contributed by atoms with Gasteiger partial charge in [-0.2, -0.15) is 0 Å². The standard InChI is InChI=1S/C20H28N2O4S2/c1-14(2)22-27(23,24)13-19-8-6-18(7-9-19)12-21-28(25,26)20-16(4)10-15(3)11-17(20)5/h6-11,14,21-22H,12-13H2,1-5H3. The maximum atomic E-state index is 12.7. The van der Waals surface area contributed by atoms with Crippen molar-refractivity contribution in [2.75, 3.05) is 0 Å². The van der Waals surface area contributed by atoms with E-state index >= 15 is 0 Å². The van der Waals surface area contributed by atoms with Gasteiger partial charge in [-0.3, -0.25) is 0 Å². The average Bonchev–Trinajstić information content (AvgIpc) is 2.51. The fourth-order valence-corrected chi connectivity index (χ4v) is 6.11. The molecule has 0 spiro atoms. The Balaban J connectivity index is 2.09. The molecule has 0 radical (unpaired) electrons. The topological polar surface area (TPSA) is 92.3 Å². The van der Waals surface area contributed by atoms with Crippen LogP contribution in [-0.2, 0) is 32.3 Å². The summed E-state index contributed by atoms with van der Waals surface area (Å²) in [5.74, 6) is -0.112. The zero-order valence-electron chi connectivity index (χ0n) is 16.9. The minimum absolute atomic E-state index is 0.112. The maximum absolute atomic E-state index is 12.7. The van der Waals surface area contributed by atoms with Crippen LogP contribution in [0.4, 0.5) is 0 Å². The summed E-state index contributed by atoms with van der Waals surface area (Å²) in [6.45, 7) is 9.17. The van der Waals surface area contributed by atoms with Gasteiger partial charge in [0.05, 0.1) is 10.6 Å². The van der Waals surface area contributed by atoms with Gasteiger partial charge in [-0.1, -0.05) is 42.0 Å². The molecule has 2 N–H and O–H groups in total. The summed E-state index contributed by atoms with van der Waals surface area (Å²) in [5, 5.41) is 0. The van der Waals surface area contributed by atoms with Crippen molar-refractivity contribution in [2.24, 2.45) is 0 Å². The molecule has 0 aliphatic rings. The van der Waals surface area contributed by atoms with E-state index < -0.39 is 20.0 Å². The molecule has 2 aromatic carbocycles. The molecule has 0 amide bonds. The number of rotatable bonds is 8. The summed E-state index contributed by atoms with van der Waals surface area (Å²) >= 11 is 0. The van der Waals surface area contributed by atoms with E-state index in [0.717, 1.165) is 11.1 Å². The molecular weight excluding hydrogens is 396 g/mol. The van der Waals surface area contributed by atoms with Gasteiger partial charge in [-0.15, -0.1) is 0 Å². The molecule has 2 aromatic rings. The first-order valence-corrected chi connectivity index (χ1v) is 12.2. The van der Waals surface area contributed by atoms with Crippen molar-refractivity contribution in [3.05, 3.63) is 64.2 Å². The Morgan fingerprint density at radius 3 is 1.86 bits per heavy atom. The smallest absolute Gasteiger partial charge is 0.212 e. The van der Waals surface area contributed by atoms with E-state index in [1.807, 2.05) is 19.1 Å². The molecule has 0 saturated heterocycles. The highest BCUT2D eigenvalue weighted by Crippen LogP contribution is 2.22. The van der Waals surface area contributed by atoms with Crippen molar-refractivity contribution >= 4 is 20.0 Å². The predicted molar refractivity (Wildman–Crippen MR) is 112 cm³/mol. The number of benzene rings is 2. The SMILES string of the molecule is Cc1cc(C)c(S(=O)(=O)NCc2ccc(CS(=O)(=O)NC(C)C)cc2)c(C)c1. The minimum Gasteiger partial charge on any atom is -0.212 e. The molecule has 0 bridgehead atoms. The van der Waals surface area contributed by atoms with Gasteiger partial charge in [-0.25, -0.2) is 26.3 Å². The lowest BCUT2D eigenvalue weighted by molar-refractivity contribution is 0.569. The Morgan fingerprint density at radius 1 is 0.857 bits per heavy atom. The summed E-state index contributed by atoms with van der Waals surface area (Å²) in [7, 11) is -7.04. The summed E-state index contributed by atoms with van der Waals surface area (Å²) in [6.07, 6.45) is 0. The van der Waals surface area contributed by atoms with Crippen LogP contribution in [0.5, 0.6) is 0 Å². The van der Waals surface area contributed by atoms with Crippen LogP contribution in [0.2, 0.25) is 0 Å². The Morgan fingerprint density at radius 2 is 1.36 bits per heavy atom. The van der Waals surface area contributed by atoms with Gasteiger partial charge >= 0.3 is 0 Å². The second-order valence-corrected chi connectivity index (χ2v) is 10.9.